The van der Waals surface area contributed by atoms with Gasteiger partial charge in [0.05, 0.1) is 31.4 Å². The van der Waals surface area contributed by atoms with E-state index in [1.54, 1.807) is 6.07 Å². The first-order valence-corrected chi connectivity index (χ1v) is 6.61. The molecule has 2 heterocycles. The van der Waals surface area contributed by atoms with Crippen molar-refractivity contribution in [3.8, 4) is 0 Å². The van der Waals surface area contributed by atoms with Gasteiger partial charge in [0, 0.05) is 13.1 Å². The van der Waals surface area contributed by atoms with Crippen LogP contribution in [0.2, 0.25) is 0 Å². The molecule has 1 aromatic rings. The third-order valence-corrected chi connectivity index (χ3v) is 3.70. The molecule has 0 bridgehead atoms. The van der Waals surface area contributed by atoms with Gasteiger partial charge in [-0.15, -0.1) is 0 Å². The minimum absolute atomic E-state index is 0.0401. The second kappa shape index (κ2) is 5.30. The summed E-state index contributed by atoms with van der Waals surface area (Å²) in [5.74, 6) is -1.25. The molecule has 0 radical (unpaired) electrons. The zero-order valence-corrected chi connectivity index (χ0v) is 10.9. The molecule has 6 heteroatoms. The minimum atomic E-state index is -0.558. The predicted octanol–water partition coefficient (Wildman–Crippen LogP) is 0.790. The van der Waals surface area contributed by atoms with E-state index in [4.69, 9.17) is 4.74 Å². The van der Waals surface area contributed by atoms with Gasteiger partial charge in [-0.25, -0.2) is 9.29 Å². The number of para-hydroxylation sites is 1. The Bertz CT molecular complexity index is 543. The number of carbonyl (C=O) groups is 2. The van der Waals surface area contributed by atoms with Gasteiger partial charge in [-0.2, -0.15) is 0 Å². The lowest BCUT2D eigenvalue weighted by atomic mass is 10.2. The molecule has 5 nitrogen and oxygen atoms in total. The summed E-state index contributed by atoms with van der Waals surface area (Å²) in [4.78, 5) is 27.4. The molecule has 2 aliphatic heterocycles. The maximum Gasteiger partial charge on any atom is 0.251 e. The molecule has 2 fully saturated rings. The van der Waals surface area contributed by atoms with E-state index in [0.717, 1.165) is 4.90 Å². The van der Waals surface area contributed by atoms with E-state index in [2.05, 4.69) is 0 Å². The van der Waals surface area contributed by atoms with Crippen LogP contribution in [0.3, 0.4) is 0 Å². The topological polar surface area (TPSA) is 49.9 Å². The van der Waals surface area contributed by atoms with Crippen molar-refractivity contribution in [3.05, 3.63) is 30.1 Å². The Morgan fingerprint density at radius 3 is 2.55 bits per heavy atom. The molecule has 1 aromatic carbocycles. The summed E-state index contributed by atoms with van der Waals surface area (Å²) < 4.78 is 19.0. The second-order valence-corrected chi connectivity index (χ2v) is 4.89. The Kier molecular flexibility index (Phi) is 3.50. The first-order chi connectivity index (χ1) is 9.68. The van der Waals surface area contributed by atoms with Gasteiger partial charge in [0.1, 0.15) is 5.82 Å². The smallest absolute Gasteiger partial charge is 0.251 e. The maximum absolute atomic E-state index is 13.8. The van der Waals surface area contributed by atoms with Crippen LogP contribution in [0.5, 0.6) is 0 Å². The molecule has 0 N–H and O–H groups in total. The summed E-state index contributed by atoms with van der Waals surface area (Å²) in [6.45, 7) is 2.35. The van der Waals surface area contributed by atoms with Crippen molar-refractivity contribution in [3.63, 3.8) is 0 Å². The number of carbonyl (C=O) groups excluding carboxylic acids is 2. The van der Waals surface area contributed by atoms with Crippen molar-refractivity contribution in [1.29, 1.82) is 0 Å². The number of nitrogens with zero attached hydrogens (tertiary/aromatic N) is 2. The zero-order chi connectivity index (χ0) is 14.1. The summed E-state index contributed by atoms with van der Waals surface area (Å²) in [5, 5.41) is 0. The van der Waals surface area contributed by atoms with Crippen LogP contribution in [0.1, 0.15) is 6.42 Å². The monoisotopic (exact) mass is 278 g/mol. The first-order valence-electron chi connectivity index (χ1n) is 6.61. The van der Waals surface area contributed by atoms with E-state index in [0.29, 0.717) is 26.3 Å². The van der Waals surface area contributed by atoms with Crippen LogP contribution in [0.4, 0.5) is 10.1 Å². The SMILES string of the molecule is O=C1C[C@@H](N2CCOCC2)C(=O)N1c1ccccc1F. The maximum atomic E-state index is 13.8. The fourth-order valence-electron chi connectivity index (χ4n) is 2.68. The molecule has 106 valence electrons. The summed E-state index contributed by atoms with van der Waals surface area (Å²) >= 11 is 0. The standard InChI is InChI=1S/C14H15FN2O3/c15-10-3-1-2-4-11(10)17-13(18)9-12(14(17)19)16-5-7-20-8-6-16/h1-4,12H,5-9H2/t12-/m1/s1. The van der Waals surface area contributed by atoms with Crippen molar-refractivity contribution in [2.75, 3.05) is 31.2 Å². The normalized spacial score (nSPS) is 24.4. The van der Waals surface area contributed by atoms with E-state index >= 15 is 0 Å². The van der Waals surface area contributed by atoms with Gasteiger partial charge in [0.25, 0.3) is 5.91 Å². The van der Waals surface area contributed by atoms with E-state index in [-0.39, 0.29) is 23.9 Å². The molecule has 0 spiro atoms. The average Bonchev–Trinajstić information content (AvgIpc) is 2.76. The van der Waals surface area contributed by atoms with Crippen LogP contribution < -0.4 is 4.90 Å². The van der Waals surface area contributed by atoms with Gasteiger partial charge in [-0.1, -0.05) is 12.1 Å². The molecule has 1 atom stereocenters. The third kappa shape index (κ3) is 2.21. The van der Waals surface area contributed by atoms with E-state index in [9.17, 15) is 14.0 Å². The molecule has 3 rings (SSSR count). The van der Waals surface area contributed by atoms with Crippen molar-refractivity contribution in [2.45, 2.75) is 12.5 Å². The third-order valence-electron chi connectivity index (χ3n) is 3.70. The summed E-state index contributed by atoms with van der Waals surface area (Å²) in [5.41, 5.74) is 0.0401. The highest BCUT2D eigenvalue weighted by Gasteiger charge is 2.43. The lowest BCUT2D eigenvalue weighted by Gasteiger charge is -2.30. The van der Waals surface area contributed by atoms with Gasteiger partial charge in [0.2, 0.25) is 5.91 Å². The lowest BCUT2D eigenvalue weighted by molar-refractivity contribution is -0.123. The minimum Gasteiger partial charge on any atom is -0.379 e. The summed E-state index contributed by atoms with van der Waals surface area (Å²) in [6.07, 6.45) is 0.104. The largest absolute Gasteiger partial charge is 0.379 e. The van der Waals surface area contributed by atoms with E-state index < -0.39 is 11.9 Å². The fraction of sp³-hybridized carbons (Fsp3) is 0.429. The molecule has 0 aromatic heterocycles. The highest BCUT2D eigenvalue weighted by molar-refractivity contribution is 6.22. The van der Waals surface area contributed by atoms with Gasteiger partial charge < -0.3 is 4.74 Å². The quantitative estimate of drug-likeness (QED) is 0.751. The van der Waals surface area contributed by atoms with Gasteiger partial charge in [0.15, 0.2) is 0 Å². The van der Waals surface area contributed by atoms with Gasteiger partial charge >= 0.3 is 0 Å². The van der Waals surface area contributed by atoms with Crippen LogP contribution in [0.25, 0.3) is 0 Å². The molecular weight excluding hydrogens is 263 g/mol. The Morgan fingerprint density at radius 2 is 1.85 bits per heavy atom. The van der Waals surface area contributed by atoms with Gasteiger partial charge in [-0.3, -0.25) is 14.5 Å². The number of hydrogen-bond donors (Lipinski definition) is 0. The van der Waals surface area contributed by atoms with Gasteiger partial charge in [-0.05, 0) is 12.1 Å². The molecule has 0 aliphatic carbocycles. The van der Waals surface area contributed by atoms with Crippen molar-refractivity contribution in [1.82, 2.24) is 4.90 Å². The molecule has 20 heavy (non-hydrogen) atoms. The lowest BCUT2D eigenvalue weighted by Crippen LogP contribution is -2.47. The molecule has 2 amide bonds. The number of benzene rings is 1. The highest BCUT2D eigenvalue weighted by Crippen LogP contribution is 2.27. The van der Waals surface area contributed by atoms with Crippen molar-refractivity contribution in [2.24, 2.45) is 0 Å². The van der Waals surface area contributed by atoms with Crippen LogP contribution in [-0.2, 0) is 14.3 Å². The Balaban J connectivity index is 1.85. The molecular formula is C14H15FN2O3. The van der Waals surface area contributed by atoms with Crippen molar-refractivity contribution < 1.29 is 18.7 Å². The van der Waals surface area contributed by atoms with Crippen molar-refractivity contribution >= 4 is 17.5 Å². The number of anilines is 1. The number of hydrogen-bond acceptors (Lipinski definition) is 4. The molecule has 0 unspecified atom stereocenters. The first kappa shape index (κ1) is 13.2. The number of halogens is 1. The number of imide groups is 1. The molecule has 0 saturated carbocycles. The zero-order valence-electron chi connectivity index (χ0n) is 10.9. The van der Waals surface area contributed by atoms with Crippen LogP contribution >= 0.6 is 0 Å². The summed E-state index contributed by atoms with van der Waals surface area (Å²) in [6, 6.07) is 5.35. The molecule has 2 saturated heterocycles. The number of ether oxygens (including phenoxy) is 1. The fourth-order valence-corrected chi connectivity index (χ4v) is 2.68. The van der Waals surface area contributed by atoms with Crippen LogP contribution in [0, 0.1) is 5.82 Å². The van der Waals surface area contributed by atoms with Crippen LogP contribution in [-0.4, -0.2) is 49.1 Å². The number of morpholine rings is 1. The Morgan fingerprint density at radius 1 is 1.15 bits per heavy atom. The Hall–Kier alpha value is -1.79. The van der Waals surface area contributed by atoms with E-state index in [1.165, 1.54) is 18.2 Å². The van der Waals surface area contributed by atoms with Crippen LogP contribution in [0.15, 0.2) is 24.3 Å². The van der Waals surface area contributed by atoms with E-state index in [1.807, 2.05) is 4.90 Å². The summed E-state index contributed by atoms with van der Waals surface area (Å²) in [7, 11) is 0. The highest BCUT2D eigenvalue weighted by atomic mass is 19.1. The Labute approximate surface area is 115 Å². The predicted molar refractivity (Wildman–Crippen MR) is 69.7 cm³/mol. The second-order valence-electron chi connectivity index (χ2n) is 4.89. The number of rotatable bonds is 2. The number of amides is 2. The molecule has 2 aliphatic rings. The average molecular weight is 278 g/mol.